The van der Waals surface area contributed by atoms with E-state index in [1.54, 1.807) is 17.8 Å². The van der Waals surface area contributed by atoms with Crippen LogP contribution in [0.15, 0.2) is 28.9 Å². The summed E-state index contributed by atoms with van der Waals surface area (Å²) in [5, 5.41) is 14.3. The molecule has 1 aromatic carbocycles. The van der Waals surface area contributed by atoms with E-state index in [9.17, 15) is 4.79 Å². The van der Waals surface area contributed by atoms with Crippen LogP contribution in [0.5, 0.6) is 0 Å². The van der Waals surface area contributed by atoms with Crippen LogP contribution in [-0.4, -0.2) is 54.4 Å². The maximum Gasteiger partial charge on any atom is 0.407 e. The van der Waals surface area contributed by atoms with Crippen molar-refractivity contribution < 1.29 is 14.3 Å². The van der Waals surface area contributed by atoms with Gasteiger partial charge in [0.25, 0.3) is 6.01 Å². The van der Waals surface area contributed by atoms with Crippen molar-refractivity contribution >= 4 is 40.1 Å². The number of aryl methyl sites for hydroxylation is 1. The number of nitrogen functional groups attached to an aromatic ring is 2. The molecule has 0 fully saturated rings. The largest absolute Gasteiger partial charge is 0.465 e. The van der Waals surface area contributed by atoms with Crippen LogP contribution in [0.1, 0.15) is 12.8 Å². The van der Waals surface area contributed by atoms with Crippen LogP contribution in [0.4, 0.5) is 16.6 Å². The number of unbranched alkanes of at least 4 members (excludes halogenated alkanes) is 1. The summed E-state index contributed by atoms with van der Waals surface area (Å²) < 4.78 is 7.09. The molecule has 1 amide bonds. The van der Waals surface area contributed by atoms with Crippen molar-refractivity contribution in [3.05, 3.63) is 24.5 Å². The molecule has 0 saturated carbocycles. The van der Waals surface area contributed by atoms with E-state index in [0.717, 1.165) is 12.0 Å². The van der Waals surface area contributed by atoms with E-state index in [0.29, 0.717) is 53.2 Å². The third-order valence-corrected chi connectivity index (χ3v) is 4.68. The number of benzene rings is 1. The number of hydrogen-bond acceptors (Lipinski definition) is 8. The minimum atomic E-state index is -0.943. The topological polar surface area (TPSA) is 162 Å². The molecule has 4 rings (SSSR count). The van der Waals surface area contributed by atoms with Crippen LogP contribution in [0.25, 0.3) is 33.4 Å². The van der Waals surface area contributed by atoms with E-state index in [4.69, 9.17) is 26.1 Å². The van der Waals surface area contributed by atoms with E-state index in [-0.39, 0.29) is 6.01 Å². The minimum Gasteiger partial charge on any atom is -0.465 e. The zero-order valence-corrected chi connectivity index (χ0v) is 15.7. The van der Waals surface area contributed by atoms with Gasteiger partial charge < -0.3 is 25.9 Å². The first kappa shape index (κ1) is 18.5. The van der Waals surface area contributed by atoms with Crippen LogP contribution < -0.4 is 11.5 Å². The minimum absolute atomic E-state index is 0.0988. The lowest BCUT2D eigenvalue weighted by Crippen LogP contribution is -2.25. The number of anilines is 2. The molecule has 4 aromatic rings. The lowest BCUT2D eigenvalue weighted by molar-refractivity contribution is 0.155. The highest BCUT2D eigenvalue weighted by Gasteiger charge is 2.18. The van der Waals surface area contributed by atoms with Crippen molar-refractivity contribution in [1.29, 1.82) is 0 Å². The van der Waals surface area contributed by atoms with E-state index in [2.05, 4.69) is 15.0 Å². The highest BCUT2D eigenvalue weighted by molar-refractivity contribution is 5.99. The summed E-state index contributed by atoms with van der Waals surface area (Å²) >= 11 is 0. The Labute approximate surface area is 164 Å². The number of oxazole rings is 1. The molecule has 3 heterocycles. The van der Waals surface area contributed by atoms with Gasteiger partial charge in [-0.15, -0.1) is 0 Å². The number of hydrogen-bond donors (Lipinski definition) is 3. The third kappa shape index (κ3) is 3.49. The van der Waals surface area contributed by atoms with Crippen molar-refractivity contribution in [2.45, 2.75) is 19.4 Å². The molecule has 0 radical (unpaired) electrons. The smallest absolute Gasteiger partial charge is 0.407 e. The summed E-state index contributed by atoms with van der Waals surface area (Å²) in [5.41, 5.74) is 15.0. The zero-order chi connectivity index (χ0) is 20.5. The van der Waals surface area contributed by atoms with Gasteiger partial charge in [0.05, 0.1) is 5.39 Å². The highest BCUT2D eigenvalue weighted by atomic mass is 16.4. The molecule has 0 atom stereocenters. The van der Waals surface area contributed by atoms with Gasteiger partial charge in [-0.05, 0) is 31.0 Å². The molecule has 0 spiro atoms. The third-order valence-electron chi connectivity index (χ3n) is 4.68. The molecule has 0 saturated heterocycles. The first-order chi connectivity index (χ1) is 13.9. The Balaban J connectivity index is 1.66. The first-order valence-electron chi connectivity index (χ1n) is 9.01. The Morgan fingerprint density at radius 3 is 2.90 bits per heavy atom. The van der Waals surface area contributed by atoms with Crippen LogP contribution in [0.3, 0.4) is 0 Å². The van der Waals surface area contributed by atoms with Crippen LogP contribution in [0.2, 0.25) is 0 Å². The van der Waals surface area contributed by atoms with Gasteiger partial charge in [0, 0.05) is 25.7 Å². The van der Waals surface area contributed by atoms with Gasteiger partial charge in [0.15, 0.2) is 11.2 Å². The Hall–Kier alpha value is -3.89. The Morgan fingerprint density at radius 1 is 1.28 bits per heavy atom. The van der Waals surface area contributed by atoms with Gasteiger partial charge in [-0.25, -0.2) is 19.4 Å². The van der Waals surface area contributed by atoms with Gasteiger partial charge in [0.1, 0.15) is 23.4 Å². The maximum atomic E-state index is 10.9. The van der Waals surface area contributed by atoms with E-state index in [1.165, 1.54) is 11.2 Å². The quantitative estimate of drug-likeness (QED) is 0.414. The summed E-state index contributed by atoms with van der Waals surface area (Å²) in [6.45, 7) is 1.02. The van der Waals surface area contributed by atoms with Crippen molar-refractivity contribution in [2.75, 3.05) is 25.1 Å². The van der Waals surface area contributed by atoms with Crippen molar-refractivity contribution in [2.24, 2.45) is 0 Å². The standard InChI is InChI=1S/C18H20N8O3/c1-25(18(27)28)6-2-3-7-26-16-13(15(19)21-9-22-16)14(24-26)10-4-5-12-11(8-10)23-17(20)29-12/h4-5,8-9H,2-3,6-7H2,1H3,(H2,20,23)(H,27,28)(H2,19,21,22). The van der Waals surface area contributed by atoms with Crippen molar-refractivity contribution in [3.63, 3.8) is 0 Å². The van der Waals surface area contributed by atoms with Gasteiger partial charge in [-0.2, -0.15) is 10.1 Å². The van der Waals surface area contributed by atoms with Gasteiger partial charge >= 0.3 is 6.09 Å². The average molecular weight is 396 g/mol. The molecular formula is C18H20N8O3. The fourth-order valence-corrected chi connectivity index (χ4v) is 3.19. The molecule has 5 N–H and O–H groups in total. The van der Waals surface area contributed by atoms with Gasteiger partial charge in [0.2, 0.25) is 0 Å². The number of fused-ring (bicyclic) bond motifs is 2. The lowest BCUT2D eigenvalue weighted by atomic mass is 10.1. The van der Waals surface area contributed by atoms with E-state index >= 15 is 0 Å². The van der Waals surface area contributed by atoms with Crippen LogP contribution in [-0.2, 0) is 6.54 Å². The summed E-state index contributed by atoms with van der Waals surface area (Å²) in [6, 6.07) is 5.56. The van der Waals surface area contributed by atoms with Crippen molar-refractivity contribution in [3.8, 4) is 11.3 Å². The summed E-state index contributed by atoms with van der Waals surface area (Å²) in [7, 11) is 1.55. The normalized spacial score (nSPS) is 11.3. The highest BCUT2D eigenvalue weighted by Crippen LogP contribution is 2.32. The fourth-order valence-electron chi connectivity index (χ4n) is 3.19. The predicted octanol–water partition coefficient (Wildman–Crippen LogP) is 2.19. The predicted molar refractivity (Wildman–Crippen MR) is 107 cm³/mol. The zero-order valence-electron chi connectivity index (χ0n) is 15.7. The monoisotopic (exact) mass is 396 g/mol. The van der Waals surface area contributed by atoms with Crippen molar-refractivity contribution in [1.82, 2.24) is 29.6 Å². The first-order valence-corrected chi connectivity index (χ1v) is 9.01. The number of carboxylic acid groups (broad SMARTS) is 1. The summed E-state index contributed by atoms with van der Waals surface area (Å²) in [6.07, 6.45) is 1.89. The number of carbonyl (C=O) groups is 1. The van der Waals surface area contributed by atoms with Gasteiger partial charge in [-0.1, -0.05) is 0 Å². The lowest BCUT2D eigenvalue weighted by Gasteiger charge is -2.12. The SMILES string of the molecule is CN(CCCCn1nc(-c2ccc3oc(N)nc3c2)c2c(N)ncnc21)C(=O)O. The molecule has 3 aromatic heterocycles. The molecule has 0 aliphatic rings. The number of aromatic nitrogens is 5. The van der Waals surface area contributed by atoms with E-state index in [1.807, 2.05) is 12.1 Å². The maximum absolute atomic E-state index is 10.9. The van der Waals surface area contributed by atoms with Crippen LogP contribution >= 0.6 is 0 Å². The molecule has 150 valence electrons. The van der Waals surface area contributed by atoms with Crippen LogP contribution in [0, 0.1) is 0 Å². The molecule has 0 aliphatic heterocycles. The number of rotatable bonds is 6. The second-order valence-corrected chi connectivity index (χ2v) is 6.68. The molecule has 11 heteroatoms. The Bertz CT molecular complexity index is 1200. The second-order valence-electron chi connectivity index (χ2n) is 6.68. The summed E-state index contributed by atoms with van der Waals surface area (Å²) in [4.78, 5) is 24.8. The molecule has 0 aliphatic carbocycles. The molecule has 0 bridgehead atoms. The van der Waals surface area contributed by atoms with Gasteiger partial charge in [-0.3, -0.25) is 0 Å². The Kier molecular flexibility index (Phi) is 4.63. The fraction of sp³-hybridized carbons (Fsp3) is 0.278. The second kappa shape index (κ2) is 7.26. The summed E-state index contributed by atoms with van der Waals surface area (Å²) in [5.74, 6) is 0.335. The molecular weight excluding hydrogens is 376 g/mol. The number of nitrogens with two attached hydrogens (primary N) is 2. The Morgan fingerprint density at radius 2 is 2.10 bits per heavy atom. The van der Waals surface area contributed by atoms with E-state index < -0.39 is 6.09 Å². The molecule has 0 unspecified atom stereocenters. The average Bonchev–Trinajstić information content (AvgIpc) is 3.24. The molecule has 11 nitrogen and oxygen atoms in total. The number of amides is 1. The molecule has 29 heavy (non-hydrogen) atoms. The number of nitrogens with zero attached hydrogens (tertiary/aromatic N) is 6.